The van der Waals surface area contributed by atoms with Crippen LogP contribution >= 0.6 is 11.6 Å². The molecule has 0 spiro atoms. The van der Waals surface area contributed by atoms with Crippen LogP contribution < -0.4 is 9.46 Å². The van der Waals surface area contributed by atoms with E-state index < -0.39 is 32.2 Å². The fraction of sp³-hybridized carbons (Fsp3) is 0.174. The molecule has 0 atom stereocenters. The van der Waals surface area contributed by atoms with E-state index in [2.05, 4.69) is 4.72 Å². The molecule has 3 aromatic carbocycles. The smallest absolute Gasteiger partial charge is 0.265 e. The standard InChI is InChI=1S/C23H19ClF2N2O4S/c1-32-22-17(24)10-15(23(29)28-8-5-9-28)11-21(22)33(30,31)27-20-12-16(18(25)13-19(20)26)14-6-3-2-4-7-14/h2-4,6-7,10-13,27H,5,8-9H2,1H3. The molecule has 3 aromatic rings. The van der Waals surface area contributed by atoms with Gasteiger partial charge in [-0.2, -0.15) is 0 Å². The number of nitrogens with one attached hydrogen (secondary N) is 1. The van der Waals surface area contributed by atoms with Crippen LogP contribution in [0.2, 0.25) is 5.02 Å². The number of halogens is 3. The first-order chi connectivity index (χ1) is 15.7. The third-order valence-electron chi connectivity index (χ3n) is 5.28. The van der Waals surface area contributed by atoms with Crippen LogP contribution in [0.4, 0.5) is 14.5 Å². The minimum Gasteiger partial charge on any atom is -0.494 e. The monoisotopic (exact) mass is 492 g/mol. The van der Waals surface area contributed by atoms with Gasteiger partial charge in [0.25, 0.3) is 15.9 Å². The van der Waals surface area contributed by atoms with E-state index in [1.54, 1.807) is 35.2 Å². The molecule has 1 fully saturated rings. The minimum absolute atomic E-state index is 0.0152. The van der Waals surface area contributed by atoms with Gasteiger partial charge >= 0.3 is 0 Å². The molecule has 0 aliphatic carbocycles. The highest BCUT2D eigenvalue weighted by molar-refractivity contribution is 7.92. The lowest BCUT2D eigenvalue weighted by Gasteiger charge is -2.31. The second-order valence-electron chi connectivity index (χ2n) is 7.42. The number of nitrogens with zero attached hydrogens (tertiary/aromatic N) is 1. The van der Waals surface area contributed by atoms with Crippen LogP contribution in [0.3, 0.4) is 0 Å². The highest BCUT2D eigenvalue weighted by Crippen LogP contribution is 2.36. The molecule has 33 heavy (non-hydrogen) atoms. The molecule has 6 nitrogen and oxygen atoms in total. The quantitative estimate of drug-likeness (QED) is 0.529. The molecule has 0 radical (unpaired) electrons. The Morgan fingerprint density at radius 2 is 1.76 bits per heavy atom. The van der Waals surface area contributed by atoms with Crippen molar-refractivity contribution in [2.75, 3.05) is 24.9 Å². The Morgan fingerprint density at radius 1 is 1.06 bits per heavy atom. The third kappa shape index (κ3) is 4.51. The van der Waals surface area contributed by atoms with E-state index in [9.17, 15) is 22.0 Å². The maximum absolute atomic E-state index is 14.5. The minimum atomic E-state index is -4.48. The molecule has 1 heterocycles. The van der Waals surface area contributed by atoms with Gasteiger partial charge in [0.2, 0.25) is 0 Å². The number of ether oxygens (including phenoxy) is 1. The van der Waals surface area contributed by atoms with Crippen LogP contribution in [0, 0.1) is 11.6 Å². The van der Waals surface area contributed by atoms with Crippen LogP contribution in [0.1, 0.15) is 16.8 Å². The summed E-state index contributed by atoms with van der Waals surface area (Å²) in [7, 11) is -3.25. The van der Waals surface area contributed by atoms with Gasteiger partial charge in [-0.15, -0.1) is 0 Å². The summed E-state index contributed by atoms with van der Waals surface area (Å²) in [6.07, 6.45) is 0.857. The van der Waals surface area contributed by atoms with E-state index in [0.717, 1.165) is 18.6 Å². The van der Waals surface area contributed by atoms with E-state index in [-0.39, 0.29) is 27.8 Å². The molecule has 1 aliphatic rings. The van der Waals surface area contributed by atoms with Crippen molar-refractivity contribution >= 4 is 33.2 Å². The van der Waals surface area contributed by atoms with Crippen molar-refractivity contribution in [2.45, 2.75) is 11.3 Å². The van der Waals surface area contributed by atoms with Gasteiger partial charge in [0.05, 0.1) is 17.8 Å². The molecule has 1 N–H and O–H groups in total. The lowest BCUT2D eigenvalue weighted by molar-refractivity contribution is 0.0651. The Labute approximate surface area is 194 Å². The molecule has 0 saturated carbocycles. The number of hydrogen-bond donors (Lipinski definition) is 1. The molecule has 1 amide bonds. The molecule has 0 aromatic heterocycles. The Balaban J connectivity index is 1.76. The summed E-state index contributed by atoms with van der Waals surface area (Å²) in [5.74, 6) is -2.52. The average Bonchev–Trinajstić information content (AvgIpc) is 2.74. The number of anilines is 1. The van der Waals surface area contributed by atoms with Crippen molar-refractivity contribution in [3.05, 3.63) is 76.8 Å². The van der Waals surface area contributed by atoms with Gasteiger partial charge in [-0.3, -0.25) is 9.52 Å². The molecule has 10 heteroatoms. The fourth-order valence-electron chi connectivity index (χ4n) is 3.46. The van der Waals surface area contributed by atoms with Crippen LogP contribution in [0.25, 0.3) is 11.1 Å². The number of amides is 1. The van der Waals surface area contributed by atoms with Crippen molar-refractivity contribution in [2.24, 2.45) is 0 Å². The van der Waals surface area contributed by atoms with Crippen molar-refractivity contribution < 1.29 is 26.7 Å². The van der Waals surface area contributed by atoms with E-state index in [1.165, 1.54) is 13.2 Å². The zero-order valence-corrected chi connectivity index (χ0v) is 19.0. The van der Waals surface area contributed by atoms with Crippen molar-refractivity contribution in [1.82, 2.24) is 4.90 Å². The van der Waals surface area contributed by atoms with Crippen molar-refractivity contribution in [1.29, 1.82) is 0 Å². The number of hydrogen-bond acceptors (Lipinski definition) is 4. The molecule has 172 valence electrons. The average molecular weight is 493 g/mol. The summed E-state index contributed by atoms with van der Waals surface area (Å²) in [5, 5.41) is -0.0891. The normalized spacial score (nSPS) is 13.4. The number of carbonyl (C=O) groups excluding carboxylic acids is 1. The van der Waals surface area contributed by atoms with E-state index in [4.69, 9.17) is 16.3 Å². The van der Waals surface area contributed by atoms with Gasteiger partial charge in [-0.25, -0.2) is 17.2 Å². The first kappa shape index (κ1) is 23.0. The topological polar surface area (TPSA) is 75.7 Å². The number of likely N-dealkylation sites (tertiary alicyclic amines) is 1. The SMILES string of the molecule is COc1c(Cl)cc(C(=O)N2CCC2)cc1S(=O)(=O)Nc1cc(-c2ccccc2)c(F)cc1F. The Kier molecular flexibility index (Phi) is 6.27. The molecule has 1 saturated heterocycles. The van der Waals surface area contributed by atoms with Crippen molar-refractivity contribution in [3.63, 3.8) is 0 Å². The van der Waals surface area contributed by atoms with E-state index in [1.807, 2.05) is 0 Å². The van der Waals surface area contributed by atoms with E-state index in [0.29, 0.717) is 24.7 Å². The first-order valence-electron chi connectivity index (χ1n) is 9.95. The summed E-state index contributed by atoms with van der Waals surface area (Å²) >= 11 is 6.20. The second kappa shape index (κ2) is 8.99. The summed E-state index contributed by atoms with van der Waals surface area (Å²) < 4.78 is 62.6. The van der Waals surface area contributed by atoms with Gasteiger partial charge in [0.1, 0.15) is 16.5 Å². The Morgan fingerprint density at radius 3 is 2.36 bits per heavy atom. The predicted octanol–water partition coefficient (Wildman–Crippen LogP) is 4.94. The highest BCUT2D eigenvalue weighted by atomic mass is 35.5. The fourth-order valence-corrected chi connectivity index (χ4v) is 5.09. The maximum atomic E-state index is 14.5. The highest BCUT2D eigenvalue weighted by Gasteiger charge is 2.29. The summed E-state index contributed by atoms with van der Waals surface area (Å²) in [5.41, 5.74) is 0.0537. The largest absolute Gasteiger partial charge is 0.494 e. The zero-order chi connectivity index (χ0) is 23.8. The number of sulfonamides is 1. The Hall–Kier alpha value is -3.17. The first-order valence-corrected chi connectivity index (χ1v) is 11.8. The van der Waals surface area contributed by atoms with Gasteiger partial charge < -0.3 is 9.64 Å². The van der Waals surface area contributed by atoms with Crippen LogP contribution in [0.15, 0.2) is 59.5 Å². The van der Waals surface area contributed by atoms with Crippen LogP contribution in [-0.4, -0.2) is 39.4 Å². The molecular formula is C23H19ClF2N2O4S. The summed E-state index contributed by atoms with van der Waals surface area (Å²) in [6.45, 7) is 1.12. The van der Waals surface area contributed by atoms with Gasteiger partial charge in [0.15, 0.2) is 5.75 Å². The molecule has 0 unspecified atom stereocenters. The third-order valence-corrected chi connectivity index (χ3v) is 6.93. The van der Waals surface area contributed by atoms with Crippen LogP contribution in [-0.2, 0) is 10.0 Å². The van der Waals surface area contributed by atoms with Gasteiger partial charge in [0, 0.05) is 30.3 Å². The van der Waals surface area contributed by atoms with Gasteiger partial charge in [-0.1, -0.05) is 41.9 Å². The number of benzene rings is 3. The summed E-state index contributed by atoms with van der Waals surface area (Å²) in [4.78, 5) is 13.7. The molecular weight excluding hydrogens is 474 g/mol. The lowest BCUT2D eigenvalue weighted by atomic mass is 10.0. The number of carbonyl (C=O) groups is 1. The number of rotatable bonds is 6. The van der Waals surface area contributed by atoms with Crippen LogP contribution in [0.5, 0.6) is 5.75 Å². The lowest BCUT2D eigenvalue weighted by Crippen LogP contribution is -2.42. The predicted molar refractivity (Wildman–Crippen MR) is 121 cm³/mol. The molecule has 4 rings (SSSR count). The van der Waals surface area contributed by atoms with E-state index >= 15 is 0 Å². The van der Waals surface area contributed by atoms with Crippen molar-refractivity contribution in [3.8, 4) is 16.9 Å². The molecule has 1 aliphatic heterocycles. The number of methoxy groups -OCH3 is 1. The second-order valence-corrected chi connectivity index (χ2v) is 9.48. The zero-order valence-electron chi connectivity index (χ0n) is 17.4. The summed E-state index contributed by atoms with van der Waals surface area (Å²) in [6, 6.07) is 12.4. The van der Waals surface area contributed by atoms with Gasteiger partial charge in [-0.05, 0) is 30.2 Å². The maximum Gasteiger partial charge on any atom is 0.265 e. The Bertz CT molecular complexity index is 1330. The molecule has 0 bridgehead atoms.